The molecule has 0 aromatic heterocycles. The lowest BCUT2D eigenvalue weighted by Crippen LogP contribution is -2.27. The molecule has 2 atom stereocenters. The van der Waals surface area contributed by atoms with Crippen molar-refractivity contribution in [1.82, 2.24) is 0 Å². The molecule has 2 nitrogen and oxygen atoms in total. The second-order valence-corrected chi connectivity index (χ2v) is 6.25. The van der Waals surface area contributed by atoms with E-state index < -0.39 is 0 Å². The lowest BCUT2D eigenvalue weighted by Gasteiger charge is -2.31. The molecule has 1 aliphatic carbocycles. The fourth-order valence-electron chi connectivity index (χ4n) is 3.07. The van der Waals surface area contributed by atoms with Crippen LogP contribution in [0.25, 0.3) is 0 Å². The number of benzene rings is 1. The fourth-order valence-corrected chi connectivity index (χ4v) is 3.19. The van der Waals surface area contributed by atoms with Crippen molar-refractivity contribution in [3.63, 3.8) is 0 Å². The van der Waals surface area contributed by atoms with Crippen molar-refractivity contribution in [2.75, 3.05) is 0 Å². The molecular weight excluding hydrogens is 266 g/mol. The zero-order valence-electron chi connectivity index (χ0n) is 12.5. The number of aryl methyl sites for hydroxylation is 1. The van der Waals surface area contributed by atoms with Crippen LogP contribution < -0.4 is 5.73 Å². The molecule has 0 bridgehead atoms. The Labute approximate surface area is 127 Å². The van der Waals surface area contributed by atoms with Crippen LogP contribution in [0.15, 0.2) is 18.2 Å². The summed E-state index contributed by atoms with van der Waals surface area (Å²) in [6.07, 6.45) is 6.86. The molecule has 1 fully saturated rings. The Hall–Kier alpha value is -0.930. The van der Waals surface area contributed by atoms with Gasteiger partial charge in [-0.15, -0.1) is 0 Å². The molecule has 1 aromatic carbocycles. The summed E-state index contributed by atoms with van der Waals surface area (Å²) in [4.78, 5) is 0.457. The van der Waals surface area contributed by atoms with E-state index in [1.165, 1.54) is 43.2 Å². The van der Waals surface area contributed by atoms with Gasteiger partial charge in [-0.25, -0.2) is 0 Å². The molecule has 1 saturated carbocycles. The average Bonchev–Trinajstić information content (AvgIpc) is 2.46. The van der Waals surface area contributed by atoms with Gasteiger partial charge in [0, 0.05) is 5.56 Å². The topological polar surface area (TPSA) is 35.2 Å². The summed E-state index contributed by atoms with van der Waals surface area (Å²) in [5.41, 5.74) is 9.04. The molecule has 0 heterocycles. The third kappa shape index (κ3) is 3.80. The maximum atomic E-state index is 6.19. The van der Waals surface area contributed by atoms with E-state index in [0.717, 1.165) is 11.5 Å². The summed E-state index contributed by atoms with van der Waals surface area (Å²) >= 11 is 5.01. The van der Waals surface area contributed by atoms with Crippen molar-refractivity contribution in [3.05, 3.63) is 34.9 Å². The second kappa shape index (κ2) is 7.19. The van der Waals surface area contributed by atoms with Crippen LogP contribution in [0.3, 0.4) is 0 Å². The highest BCUT2D eigenvalue weighted by Gasteiger charge is 2.24. The summed E-state index contributed by atoms with van der Waals surface area (Å²) in [6, 6.07) is 6.14. The van der Waals surface area contributed by atoms with Gasteiger partial charge in [0.1, 0.15) is 4.99 Å². The van der Waals surface area contributed by atoms with Crippen LogP contribution in [0.4, 0.5) is 0 Å². The van der Waals surface area contributed by atoms with E-state index in [9.17, 15) is 0 Å². The summed E-state index contributed by atoms with van der Waals surface area (Å²) in [5.74, 6) is 0.736. The normalized spacial score (nSPS) is 22.7. The van der Waals surface area contributed by atoms with Gasteiger partial charge >= 0.3 is 0 Å². The molecule has 20 heavy (non-hydrogen) atoms. The van der Waals surface area contributed by atoms with Gasteiger partial charge in [-0.3, -0.25) is 0 Å². The van der Waals surface area contributed by atoms with Crippen LogP contribution in [0.1, 0.15) is 55.7 Å². The highest BCUT2D eigenvalue weighted by Crippen LogP contribution is 2.30. The molecule has 0 amide bonds. The number of hydrogen-bond acceptors (Lipinski definition) is 2. The first-order valence-corrected chi connectivity index (χ1v) is 8.03. The molecule has 2 unspecified atom stereocenters. The van der Waals surface area contributed by atoms with Crippen molar-refractivity contribution in [1.29, 1.82) is 0 Å². The van der Waals surface area contributed by atoms with Crippen molar-refractivity contribution in [2.45, 2.75) is 58.7 Å². The lowest BCUT2D eigenvalue weighted by molar-refractivity contribution is -0.0223. The SMILES string of the molecule is CCC1CCCCC1OCc1ccc(C(N)=S)cc1C. The van der Waals surface area contributed by atoms with Gasteiger partial charge in [0.2, 0.25) is 0 Å². The molecule has 1 aliphatic rings. The minimum Gasteiger partial charge on any atom is -0.389 e. The Morgan fingerprint density at radius 2 is 2.10 bits per heavy atom. The predicted octanol–water partition coefficient (Wildman–Crippen LogP) is 4.11. The van der Waals surface area contributed by atoms with E-state index in [1.807, 2.05) is 6.07 Å². The summed E-state index contributed by atoms with van der Waals surface area (Å²) in [7, 11) is 0. The standard InChI is InChI=1S/C17H25NOS/c1-3-13-6-4-5-7-16(13)19-11-15-9-8-14(17(18)20)10-12(15)2/h8-10,13,16H,3-7,11H2,1-2H3,(H2,18,20). The highest BCUT2D eigenvalue weighted by molar-refractivity contribution is 7.80. The molecular formula is C17H25NOS. The minimum atomic E-state index is 0.434. The predicted molar refractivity (Wildman–Crippen MR) is 87.9 cm³/mol. The average molecular weight is 291 g/mol. The van der Waals surface area contributed by atoms with Gasteiger partial charge in [0.25, 0.3) is 0 Å². The minimum absolute atomic E-state index is 0.434. The quantitative estimate of drug-likeness (QED) is 0.829. The molecule has 0 aliphatic heterocycles. The van der Waals surface area contributed by atoms with Crippen LogP contribution in [0, 0.1) is 12.8 Å². The zero-order chi connectivity index (χ0) is 14.5. The fraction of sp³-hybridized carbons (Fsp3) is 0.588. The monoisotopic (exact) mass is 291 g/mol. The molecule has 1 aromatic rings. The summed E-state index contributed by atoms with van der Waals surface area (Å²) in [5, 5.41) is 0. The van der Waals surface area contributed by atoms with Gasteiger partial charge in [0.05, 0.1) is 12.7 Å². The van der Waals surface area contributed by atoms with E-state index in [0.29, 0.717) is 17.7 Å². The van der Waals surface area contributed by atoms with E-state index >= 15 is 0 Å². The Kier molecular flexibility index (Phi) is 5.55. The summed E-state index contributed by atoms with van der Waals surface area (Å²) < 4.78 is 6.19. The highest BCUT2D eigenvalue weighted by atomic mass is 32.1. The largest absolute Gasteiger partial charge is 0.389 e. The van der Waals surface area contributed by atoms with Crippen LogP contribution in [0.5, 0.6) is 0 Å². The molecule has 2 N–H and O–H groups in total. The van der Waals surface area contributed by atoms with Crippen LogP contribution in [-0.4, -0.2) is 11.1 Å². The van der Waals surface area contributed by atoms with E-state index in [-0.39, 0.29) is 0 Å². The lowest BCUT2D eigenvalue weighted by atomic mass is 9.85. The number of hydrogen-bond donors (Lipinski definition) is 1. The van der Waals surface area contributed by atoms with Gasteiger partial charge in [-0.1, -0.05) is 50.5 Å². The zero-order valence-corrected chi connectivity index (χ0v) is 13.3. The Bertz CT molecular complexity index is 472. The van der Waals surface area contributed by atoms with Gasteiger partial charge in [-0.05, 0) is 42.9 Å². The maximum Gasteiger partial charge on any atom is 0.103 e. The van der Waals surface area contributed by atoms with Crippen LogP contribution >= 0.6 is 12.2 Å². The molecule has 0 saturated heterocycles. The van der Waals surface area contributed by atoms with Gasteiger partial charge < -0.3 is 10.5 Å². The number of nitrogens with two attached hydrogens (primary N) is 1. The molecule has 0 spiro atoms. The Morgan fingerprint density at radius 3 is 2.75 bits per heavy atom. The van der Waals surface area contributed by atoms with Crippen LogP contribution in [-0.2, 0) is 11.3 Å². The van der Waals surface area contributed by atoms with Crippen LogP contribution in [0.2, 0.25) is 0 Å². The van der Waals surface area contributed by atoms with E-state index in [4.69, 9.17) is 22.7 Å². The van der Waals surface area contributed by atoms with E-state index in [2.05, 4.69) is 26.0 Å². The second-order valence-electron chi connectivity index (χ2n) is 5.81. The Morgan fingerprint density at radius 1 is 1.35 bits per heavy atom. The van der Waals surface area contributed by atoms with Crippen molar-refractivity contribution >= 4 is 17.2 Å². The smallest absolute Gasteiger partial charge is 0.103 e. The number of ether oxygens (including phenoxy) is 1. The first kappa shape index (κ1) is 15.5. The van der Waals surface area contributed by atoms with Gasteiger partial charge in [-0.2, -0.15) is 0 Å². The molecule has 0 radical (unpaired) electrons. The number of thiocarbonyl (C=S) groups is 1. The molecule has 110 valence electrons. The van der Waals surface area contributed by atoms with Gasteiger partial charge in [0.15, 0.2) is 0 Å². The number of rotatable bonds is 5. The van der Waals surface area contributed by atoms with Crippen molar-refractivity contribution < 1.29 is 4.74 Å². The third-order valence-electron chi connectivity index (χ3n) is 4.44. The first-order chi connectivity index (χ1) is 9.61. The van der Waals surface area contributed by atoms with Crippen molar-refractivity contribution in [3.8, 4) is 0 Å². The van der Waals surface area contributed by atoms with E-state index in [1.54, 1.807) is 0 Å². The maximum absolute atomic E-state index is 6.19. The molecule has 3 heteroatoms. The Balaban J connectivity index is 1.98. The third-order valence-corrected chi connectivity index (χ3v) is 4.68. The summed E-state index contributed by atoms with van der Waals surface area (Å²) in [6.45, 7) is 5.07. The molecule has 2 rings (SSSR count). The first-order valence-electron chi connectivity index (χ1n) is 7.62. The van der Waals surface area contributed by atoms with Crippen molar-refractivity contribution in [2.24, 2.45) is 11.7 Å².